The van der Waals surface area contributed by atoms with Crippen molar-refractivity contribution >= 4 is 23.1 Å². The molecule has 3 aliphatic rings. The standard InChI is InChI=1S/C15H18N2O3.C6H10N2O2/c1-15(2)7-9(3-4-20-15)11-5-10-6-12(14(18)19)17-13(10)16-8-11;1-3-2-4(3)5-7-6(9)10-8-5/h5-6,8-9H,3-4,7H2,1-2H3,(H,16,17)(H,18,19);3-5,8H,2H2,1H3,(H,7,9). The van der Waals surface area contributed by atoms with Crippen molar-refractivity contribution in [2.75, 3.05) is 6.61 Å². The number of fused-ring (bicyclic) bond motifs is 1. The quantitative estimate of drug-likeness (QED) is 0.605. The number of pyridine rings is 1. The molecule has 9 heteroatoms. The Bertz CT molecular complexity index is 956. The summed E-state index contributed by atoms with van der Waals surface area (Å²) in [6.45, 7) is 7.12. The van der Waals surface area contributed by atoms with Crippen molar-refractivity contribution in [1.29, 1.82) is 0 Å². The van der Waals surface area contributed by atoms with Crippen LogP contribution in [0.1, 0.15) is 62.0 Å². The first-order chi connectivity index (χ1) is 14.2. The van der Waals surface area contributed by atoms with E-state index in [1.807, 2.05) is 12.3 Å². The van der Waals surface area contributed by atoms with Crippen LogP contribution in [-0.2, 0) is 9.57 Å². The Morgan fingerprint density at radius 2 is 2.10 bits per heavy atom. The Kier molecular flexibility index (Phi) is 5.42. The average Bonchev–Trinajstić information content (AvgIpc) is 3.08. The molecule has 2 saturated heterocycles. The van der Waals surface area contributed by atoms with Crippen LogP contribution < -0.4 is 10.8 Å². The summed E-state index contributed by atoms with van der Waals surface area (Å²) in [5.74, 6) is 0.751. The van der Waals surface area contributed by atoms with E-state index in [9.17, 15) is 9.59 Å². The Hall–Kier alpha value is -2.65. The molecule has 0 spiro atoms. The molecule has 4 N–H and O–H groups in total. The van der Waals surface area contributed by atoms with E-state index < -0.39 is 5.97 Å². The summed E-state index contributed by atoms with van der Waals surface area (Å²) in [6, 6.07) is 3.68. The number of aromatic carboxylic acids is 1. The summed E-state index contributed by atoms with van der Waals surface area (Å²) in [7, 11) is 0. The van der Waals surface area contributed by atoms with Gasteiger partial charge in [-0.2, -0.15) is 0 Å². The lowest BCUT2D eigenvalue weighted by Gasteiger charge is -2.35. The third-order valence-corrected chi connectivity index (χ3v) is 6.04. The first kappa shape index (κ1) is 20.6. The third-order valence-electron chi connectivity index (χ3n) is 6.04. The van der Waals surface area contributed by atoms with Crippen LogP contribution in [0.5, 0.6) is 0 Å². The monoisotopic (exact) mass is 416 g/mol. The number of carbonyl (C=O) groups excluding carboxylic acids is 1. The number of hydrogen-bond donors (Lipinski definition) is 4. The number of carboxylic acids is 1. The normalized spacial score (nSPS) is 29.5. The topological polar surface area (TPSA) is 126 Å². The van der Waals surface area contributed by atoms with Crippen LogP contribution in [0.15, 0.2) is 18.3 Å². The number of H-pyrrole nitrogens is 1. The van der Waals surface area contributed by atoms with Gasteiger partial charge >= 0.3 is 12.1 Å². The molecule has 1 aliphatic carbocycles. The molecule has 0 radical (unpaired) electrons. The lowest BCUT2D eigenvalue weighted by atomic mass is 9.84. The first-order valence-electron chi connectivity index (χ1n) is 10.3. The van der Waals surface area contributed by atoms with Crippen LogP contribution >= 0.6 is 0 Å². The highest BCUT2D eigenvalue weighted by molar-refractivity contribution is 5.92. The van der Waals surface area contributed by atoms with Crippen molar-refractivity contribution in [3.63, 3.8) is 0 Å². The second-order valence-corrected chi connectivity index (χ2v) is 9.00. The van der Waals surface area contributed by atoms with Gasteiger partial charge in [0.25, 0.3) is 0 Å². The highest BCUT2D eigenvalue weighted by Gasteiger charge is 2.43. The molecular formula is C21H28N4O5. The maximum atomic E-state index is 11.0. The van der Waals surface area contributed by atoms with E-state index in [1.165, 1.54) is 6.42 Å². The number of carboxylic acid groups (broad SMARTS) is 1. The molecule has 1 saturated carbocycles. The molecule has 9 nitrogen and oxygen atoms in total. The molecular weight excluding hydrogens is 388 g/mol. The van der Waals surface area contributed by atoms with Gasteiger partial charge in [0.15, 0.2) is 0 Å². The molecule has 2 aromatic heterocycles. The van der Waals surface area contributed by atoms with Crippen molar-refractivity contribution in [3.8, 4) is 0 Å². The predicted octanol–water partition coefficient (Wildman–Crippen LogP) is 3.15. The highest BCUT2D eigenvalue weighted by atomic mass is 16.7. The van der Waals surface area contributed by atoms with Gasteiger partial charge in [-0.15, -0.1) is 5.48 Å². The van der Waals surface area contributed by atoms with Crippen LogP contribution in [0.2, 0.25) is 0 Å². The Morgan fingerprint density at radius 1 is 1.33 bits per heavy atom. The van der Waals surface area contributed by atoms with Gasteiger partial charge in [0.2, 0.25) is 0 Å². The minimum absolute atomic E-state index is 0.0579. The molecule has 30 heavy (non-hydrogen) atoms. The van der Waals surface area contributed by atoms with Gasteiger partial charge in [0.05, 0.1) is 5.60 Å². The van der Waals surface area contributed by atoms with E-state index in [-0.39, 0.29) is 23.6 Å². The minimum atomic E-state index is -0.961. The van der Waals surface area contributed by atoms with Gasteiger partial charge in [-0.3, -0.25) is 0 Å². The summed E-state index contributed by atoms with van der Waals surface area (Å²) in [4.78, 5) is 33.1. The fourth-order valence-corrected chi connectivity index (χ4v) is 4.20. The van der Waals surface area contributed by atoms with Crippen molar-refractivity contribution in [2.24, 2.45) is 11.8 Å². The zero-order valence-electron chi connectivity index (χ0n) is 17.4. The van der Waals surface area contributed by atoms with E-state index in [2.05, 4.69) is 46.4 Å². The molecule has 4 atom stereocenters. The second kappa shape index (κ2) is 7.88. The molecule has 2 aromatic rings. The van der Waals surface area contributed by atoms with Gasteiger partial charge in [0.1, 0.15) is 17.5 Å². The Balaban J connectivity index is 0.000000181. The lowest BCUT2D eigenvalue weighted by Crippen LogP contribution is -2.34. The molecule has 4 heterocycles. The largest absolute Gasteiger partial charge is 0.477 e. The number of nitrogens with one attached hydrogen (secondary N) is 3. The van der Waals surface area contributed by atoms with Crippen LogP contribution in [0.25, 0.3) is 11.0 Å². The second-order valence-electron chi connectivity index (χ2n) is 9.00. The third kappa shape index (κ3) is 4.57. The maximum absolute atomic E-state index is 11.0. The van der Waals surface area contributed by atoms with Crippen LogP contribution in [-0.4, -0.2) is 45.5 Å². The molecule has 2 aliphatic heterocycles. The number of aromatic amines is 1. The number of hydroxylamine groups is 1. The highest BCUT2D eigenvalue weighted by Crippen LogP contribution is 2.40. The molecule has 1 amide bonds. The van der Waals surface area contributed by atoms with E-state index in [0.717, 1.165) is 36.3 Å². The molecule has 3 fully saturated rings. The number of aromatic nitrogens is 2. The first-order valence-corrected chi connectivity index (χ1v) is 10.3. The molecule has 0 bridgehead atoms. The van der Waals surface area contributed by atoms with Gasteiger partial charge in [-0.25, -0.2) is 14.6 Å². The van der Waals surface area contributed by atoms with Gasteiger partial charge < -0.3 is 25.0 Å². The number of carbonyl (C=O) groups is 2. The number of amides is 1. The van der Waals surface area contributed by atoms with E-state index in [1.54, 1.807) is 6.07 Å². The summed E-state index contributed by atoms with van der Waals surface area (Å²) in [5.41, 5.74) is 4.49. The molecule has 0 aromatic carbocycles. The fraction of sp³-hybridized carbons (Fsp3) is 0.571. The van der Waals surface area contributed by atoms with Crippen molar-refractivity contribution in [1.82, 2.24) is 20.8 Å². The zero-order valence-corrected chi connectivity index (χ0v) is 17.4. The predicted molar refractivity (Wildman–Crippen MR) is 109 cm³/mol. The van der Waals surface area contributed by atoms with Gasteiger partial charge in [-0.1, -0.05) is 6.92 Å². The lowest BCUT2D eigenvalue weighted by molar-refractivity contribution is -0.0593. The van der Waals surface area contributed by atoms with E-state index in [4.69, 9.17) is 9.84 Å². The Labute approximate surface area is 174 Å². The number of ether oxygens (including phenoxy) is 1. The van der Waals surface area contributed by atoms with E-state index in [0.29, 0.717) is 17.5 Å². The van der Waals surface area contributed by atoms with Crippen LogP contribution in [0.3, 0.4) is 0 Å². The maximum Gasteiger partial charge on any atom is 0.427 e. The smallest absolute Gasteiger partial charge is 0.427 e. The minimum Gasteiger partial charge on any atom is -0.477 e. The summed E-state index contributed by atoms with van der Waals surface area (Å²) >= 11 is 0. The number of nitrogens with zero attached hydrogens (tertiary/aromatic N) is 1. The van der Waals surface area contributed by atoms with Gasteiger partial charge in [0, 0.05) is 18.2 Å². The zero-order chi connectivity index (χ0) is 21.5. The van der Waals surface area contributed by atoms with Crippen LogP contribution in [0, 0.1) is 11.8 Å². The van der Waals surface area contributed by atoms with Gasteiger partial charge in [-0.05, 0) is 68.6 Å². The van der Waals surface area contributed by atoms with Crippen LogP contribution in [0.4, 0.5) is 4.79 Å². The van der Waals surface area contributed by atoms with E-state index >= 15 is 0 Å². The molecule has 5 rings (SSSR count). The summed E-state index contributed by atoms with van der Waals surface area (Å²) in [5, 5.41) is 12.5. The average molecular weight is 416 g/mol. The van der Waals surface area contributed by atoms with Crippen molar-refractivity contribution in [2.45, 2.75) is 57.7 Å². The summed E-state index contributed by atoms with van der Waals surface area (Å²) in [6.07, 6.45) is 4.66. The SMILES string of the molecule is CC1(C)CC(c2cnc3[nH]c(C(=O)O)cc3c2)CCO1.CC1CC1C1NOC(=O)N1. The fourth-order valence-electron chi connectivity index (χ4n) is 4.20. The summed E-state index contributed by atoms with van der Waals surface area (Å²) < 4.78 is 5.74. The Morgan fingerprint density at radius 3 is 2.70 bits per heavy atom. The van der Waals surface area contributed by atoms with Crippen molar-refractivity contribution < 1.29 is 24.3 Å². The number of rotatable bonds is 3. The number of hydrogen-bond acceptors (Lipinski definition) is 6. The molecule has 4 unspecified atom stereocenters. The van der Waals surface area contributed by atoms with Crippen molar-refractivity contribution in [3.05, 3.63) is 29.6 Å². The molecule has 162 valence electrons.